The Balaban J connectivity index is 1.82. The van der Waals surface area contributed by atoms with Crippen molar-refractivity contribution >= 4 is 26.7 Å². The van der Waals surface area contributed by atoms with Gasteiger partial charge in [0.05, 0.1) is 4.90 Å². The molecule has 0 bridgehead atoms. The molecule has 0 spiro atoms. The first-order valence-electron chi connectivity index (χ1n) is 8.55. The number of aromatic amines is 1. The Morgan fingerprint density at radius 3 is 2.40 bits per heavy atom. The van der Waals surface area contributed by atoms with E-state index in [9.17, 15) is 8.42 Å². The molecule has 4 rings (SSSR count). The number of hydrogen-bond donors (Lipinski definition) is 1. The molecular weight excluding hydrogens is 336 g/mol. The zero-order chi connectivity index (χ0) is 17.3. The van der Waals surface area contributed by atoms with Crippen molar-refractivity contribution in [2.45, 2.75) is 35.5 Å². The van der Waals surface area contributed by atoms with Crippen LogP contribution in [-0.4, -0.2) is 36.5 Å². The van der Waals surface area contributed by atoms with Crippen molar-refractivity contribution in [1.82, 2.24) is 15.0 Å². The van der Waals surface area contributed by atoms with Crippen LogP contribution < -0.4 is 4.90 Å². The molecule has 1 fully saturated rings. The van der Waals surface area contributed by atoms with Crippen molar-refractivity contribution in [1.29, 1.82) is 0 Å². The highest BCUT2D eigenvalue weighted by Crippen LogP contribution is 2.31. The fraction of sp³-hybridized carbons (Fsp3) is 0.333. The lowest BCUT2D eigenvalue weighted by molar-refractivity contribution is 0.597. The Kier molecular flexibility index (Phi) is 4.17. The Labute approximate surface area is 146 Å². The van der Waals surface area contributed by atoms with Gasteiger partial charge in [0.25, 0.3) is 0 Å². The minimum absolute atomic E-state index is 0.201. The number of anilines is 1. The third-order valence-corrected chi connectivity index (χ3v) is 6.44. The van der Waals surface area contributed by atoms with Gasteiger partial charge in [-0.05, 0) is 25.0 Å². The number of aromatic nitrogens is 3. The van der Waals surface area contributed by atoms with E-state index in [2.05, 4.69) is 19.9 Å². The van der Waals surface area contributed by atoms with Crippen LogP contribution in [0.3, 0.4) is 0 Å². The third-order valence-electron chi connectivity index (χ3n) is 4.66. The maximum absolute atomic E-state index is 13.0. The summed E-state index contributed by atoms with van der Waals surface area (Å²) in [5.74, 6) is 0.793. The van der Waals surface area contributed by atoms with Gasteiger partial charge in [-0.15, -0.1) is 0 Å². The normalized spacial score (nSPS) is 16.1. The molecule has 2 aromatic heterocycles. The van der Waals surface area contributed by atoms with Crippen molar-refractivity contribution in [3.05, 3.63) is 42.9 Å². The molecule has 1 aliphatic heterocycles. The number of sulfone groups is 1. The zero-order valence-corrected chi connectivity index (χ0v) is 14.7. The van der Waals surface area contributed by atoms with Gasteiger partial charge in [-0.2, -0.15) is 0 Å². The summed E-state index contributed by atoms with van der Waals surface area (Å²) in [6.45, 7) is 1.87. The summed E-state index contributed by atoms with van der Waals surface area (Å²) in [6.07, 6.45) is 7.69. The highest BCUT2D eigenvalue weighted by Gasteiger charge is 2.25. The smallest absolute Gasteiger partial charge is 0.210 e. The van der Waals surface area contributed by atoms with E-state index in [1.807, 2.05) is 0 Å². The molecule has 0 saturated carbocycles. The molecule has 0 aliphatic carbocycles. The van der Waals surface area contributed by atoms with Crippen molar-refractivity contribution in [3.63, 3.8) is 0 Å². The van der Waals surface area contributed by atoms with Gasteiger partial charge >= 0.3 is 0 Å². The zero-order valence-electron chi connectivity index (χ0n) is 13.9. The molecule has 1 N–H and O–H groups in total. The molecule has 0 atom stereocenters. The fourth-order valence-corrected chi connectivity index (χ4v) is 4.75. The first kappa shape index (κ1) is 16.1. The number of rotatable bonds is 3. The quantitative estimate of drug-likeness (QED) is 0.780. The summed E-state index contributed by atoms with van der Waals surface area (Å²) in [6, 6.07) is 8.45. The van der Waals surface area contributed by atoms with Crippen molar-refractivity contribution < 1.29 is 8.42 Å². The molecule has 130 valence electrons. The first-order chi connectivity index (χ1) is 12.2. The topological polar surface area (TPSA) is 79.0 Å². The average Bonchev–Trinajstić information content (AvgIpc) is 2.91. The lowest BCUT2D eigenvalue weighted by Crippen LogP contribution is -2.25. The Bertz CT molecular complexity index is 975. The number of nitrogens with zero attached hydrogens (tertiary/aromatic N) is 3. The molecule has 1 saturated heterocycles. The van der Waals surface area contributed by atoms with E-state index < -0.39 is 9.84 Å². The summed E-state index contributed by atoms with van der Waals surface area (Å²) in [4.78, 5) is 14.5. The van der Waals surface area contributed by atoms with Crippen LogP contribution in [-0.2, 0) is 9.84 Å². The minimum atomic E-state index is -3.62. The van der Waals surface area contributed by atoms with Crippen LogP contribution >= 0.6 is 0 Å². The van der Waals surface area contributed by atoms with E-state index in [4.69, 9.17) is 0 Å². The second kappa shape index (κ2) is 6.48. The van der Waals surface area contributed by atoms with E-state index in [1.165, 1.54) is 25.4 Å². The fourth-order valence-electron chi connectivity index (χ4n) is 3.36. The van der Waals surface area contributed by atoms with E-state index in [-0.39, 0.29) is 9.79 Å². The first-order valence-corrected chi connectivity index (χ1v) is 10.0. The number of hydrogen-bond acceptors (Lipinski definition) is 5. The maximum Gasteiger partial charge on any atom is 0.210 e. The van der Waals surface area contributed by atoms with Gasteiger partial charge < -0.3 is 9.88 Å². The van der Waals surface area contributed by atoms with E-state index in [1.54, 1.807) is 30.3 Å². The molecule has 25 heavy (non-hydrogen) atoms. The monoisotopic (exact) mass is 356 g/mol. The minimum Gasteiger partial charge on any atom is -0.356 e. The predicted molar refractivity (Wildman–Crippen MR) is 96.5 cm³/mol. The molecule has 1 aliphatic rings. The Morgan fingerprint density at radius 1 is 0.960 bits per heavy atom. The van der Waals surface area contributed by atoms with Gasteiger partial charge in [-0.25, -0.2) is 18.4 Å². The summed E-state index contributed by atoms with van der Waals surface area (Å²) in [5.41, 5.74) is 1.15. The summed E-state index contributed by atoms with van der Waals surface area (Å²) < 4.78 is 25.9. The molecule has 0 amide bonds. The van der Waals surface area contributed by atoms with Crippen LogP contribution in [0.4, 0.5) is 5.82 Å². The number of H-pyrrole nitrogens is 1. The maximum atomic E-state index is 13.0. The van der Waals surface area contributed by atoms with Crippen LogP contribution in [0.2, 0.25) is 0 Å². The molecule has 0 unspecified atom stereocenters. The Hall–Kier alpha value is -2.41. The van der Waals surface area contributed by atoms with Gasteiger partial charge in [0, 0.05) is 19.3 Å². The van der Waals surface area contributed by atoms with Crippen molar-refractivity contribution in [2.24, 2.45) is 0 Å². The molecule has 3 heterocycles. The lowest BCUT2D eigenvalue weighted by Gasteiger charge is -2.21. The largest absolute Gasteiger partial charge is 0.356 e. The summed E-state index contributed by atoms with van der Waals surface area (Å²) >= 11 is 0. The summed E-state index contributed by atoms with van der Waals surface area (Å²) in [5, 5.41) is 0. The lowest BCUT2D eigenvalue weighted by atomic mass is 10.2. The van der Waals surface area contributed by atoms with Crippen LogP contribution in [0.5, 0.6) is 0 Å². The van der Waals surface area contributed by atoms with E-state index >= 15 is 0 Å². The number of nitrogens with one attached hydrogen (secondary N) is 1. The van der Waals surface area contributed by atoms with Crippen LogP contribution in [0.25, 0.3) is 11.0 Å². The molecule has 1 aromatic carbocycles. The van der Waals surface area contributed by atoms with Gasteiger partial charge in [-0.1, -0.05) is 31.0 Å². The van der Waals surface area contributed by atoms with E-state index in [0.29, 0.717) is 11.0 Å². The SMILES string of the molecule is O=S(=O)(c1ccccc1)c1c[nH]c2c(N3CCCCCC3)ncnc12. The average molecular weight is 356 g/mol. The number of benzene rings is 1. The molecular formula is C18H20N4O2S. The molecule has 6 nitrogen and oxygen atoms in total. The summed E-state index contributed by atoms with van der Waals surface area (Å²) in [7, 11) is -3.62. The van der Waals surface area contributed by atoms with Crippen molar-refractivity contribution in [3.8, 4) is 0 Å². The highest BCUT2D eigenvalue weighted by molar-refractivity contribution is 7.91. The van der Waals surface area contributed by atoms with Gasteiger partial charge in [0.15, 0.2) is 5.82 Å². The molecule has 7 heteroatoms. The predicted octanol–water partition coefficient (Wildman–Crippen LogP) is 3.17. The van der Waals surface area contributed by atoms with Crippen LogP contribution in [0.1, 0.15) is 25.7 Å². The second-order valence-corrected chi connectivity index (χ2v) is 8.21. The second-order valence-electron chi connectivity index (χ2n) is 6.29. The standard InChI is InChI=1S/C18H20N4O2S/c23-25(24,14-8-4-3-5-9-14)15-12-19-17-16(15)20-13-21-18(17)22-10-6-1-2-7-11-22/h3-5,8-9,12-13,19H,1-2,6-7,10-11H2. The highest BCUT2D eigenvalue weighted by atomic mass is 32.2. The van der Waals surface area contributed by atoms with E-state index in [0.717, 1.165) is 31.7 Å². The van der Waals surface area contributed by atoms with Gasteiger partial charge in [0.2, 0.25) is 9.84 Å². The van der Waals surface area contributed by atoms with Crippen LogP contribution in [0.15, 0.2) is 52.6 Å². The third kappa shape index (κ3) is 2.89. The van der Waals surface area contributed by atoms with Gasteiger partial charge in [0.1, 0.15) is 22.3 Å². The Morgan fingerprint density at radius 2 is 1.68 bits per heavy atom. The number of fused-ring (bicyclic) bond motifs is 1. The van der Waals surface area contributed by atoms with Crippen molar-refractivity contribution in [2.75, 3.05) is 18.0 Å². The molecule has 0 radical (unpaired) electrons. The van der Waals surface area contributed by atoms with Gasteiger partial charge in [-0.3, -0.25) is 0 Å². The molecule has 3 aromatic rings. The van der Waals surface area contributed by atoms with Crippen LogP contribution in [0, 0.1) is 0 Å².